The van der Waals surface area contributed by atoms with Gasteiger partial charge < -0.3 is 4.90 Å². The van der Waals surface area contributed by atoms with E-state index in [1.165, 1.54) is 49.6 Å². The number of aliphatic imine (C=N–C) groups is 1. The Hall–Kier alpha value is -1.34. The molecule has 2 aliphatic rings. The Balaban J connectivity index is 0.00000261. The maximum atomic E-state index is 14.3. The molecule has 1 aliphatic heterocycles. The molecule has 1 heterocycles. The number of hydrogen-bond donors (Lipinski definition) is 0. The third kappa shape index (κ3) is 5.13. The van der Waals surface area contributed by atoms with Crippen LogP contribution in [0.3, 0.4) is 0 Å². The maximum Gasteiger partial charge on any atom is 0.225 e. The van der Waals surface area contributed by atoms with Gasteiger partial charge in [0.25, 0.3) is 0 Å². The van der Waals surface area contributed by atoms with Crippen molar-refractivity contribution in [2.45, 2.75) is 57.7 Å². The fraction of sp³-hybridized carbons (Fsp3) is 0.579. The SMILES string of the molecule is CC(=O)N(c1ccc(F)cc1F)C1CSC(=NC2CCCCCC2)N1C.Cl. The van der Waals surface area contributed by atoms with E-state index in [0.717, 1.165) is 24.1 Å². The number of benzene rings is 1. The van der Waals surface area contributed by atoms with Crippen molar-refractivity contribution in [3.05, 3.63) is 29.8 Å². The van der Waals surface area contributed by atoms with Gasteiger partial charge in [0, 0.05) is 25.8 Å². The minimum atomic E-state index is -0.729. The molecule has 0 aromatic heterocycles. The molecular formula is C19H26ClF2N3OS. The van der Waals surface area contributed by atoms with Crippen molar-refractivity contribution in [2.24, 2.45) is 4.99 Å². The van der Waals surface area contributed by atoms with Crippen molar-refractivity contribution >= 4 is 40.9 Å². The molecule has 2 fully saturated rings. The van der Waals surface area contributed by atoms with Crippen LogP contribution in [-0.2, 0) is 4.79 Å². The number of amides is 1. The van der Waals surface area contributed by atoms with E-state index in [1.54, 1.807) is 11.8 Å². The minimum absolute atomic E-state index is 0. The summed E-state index contributed by atoms with van der Waals surface area (Å²) in [5, 5.41) is 0.899. The van der Waals surface area contributed by atoms with E-state index >= 15 is 0 Å². The predicted molar refractivity (Wildman–Crippen MR) is 110 cm³/mol. The molecule has 1 aliphatic carbocycles. The second-order valence-electron chi connectivity index (χ2n) is 6.94. The molecule has 1 amide bonds. The summed E-state index contributed by atoms with van der Waals surface area (Å²) < 4.78 is 27.5. The van der Waals surface area contributed by atoms with E-state index in [0.29, 0.717) is 11.8 Å². The van der Waals surface area contributed by atoms with E-state index in [2.05, 4.69) is 0 Å². The molecule has 1 aromatic carbocycles. The van der Waals surface area contributed by atoms with Crippen molar-refractivity contribution in [1.82, 2.24) is 4.90 Å². The molecule has 27 heavy (non-hydrogen) atoms. The highest BCUT2D eigenvalue weighted by atomic mass is 35.5. The Kier molecular flexibility index (Phi) is 7.91. The van der Waals surface area contributed by atoms with Crippen LogP contribution >= 0.6 is 24.2 Å². The summed E-state index contributed by atoms with van der Waals surface area (Å²) in [6.07, 6.45) is 6.84. The van der Waals surface area contributed by atoms with Crippen LogP contribution in [-0.4, -0.2) is 41.0 Å². The molecule has 1 saturated heterocycles. The van der Waals surface area contributed by atoms with Crippen molar-refractivity contribution in [3.63, 3.8) is 0 Å². The van der Waals surface area contributed by atoms with Crippen molar-refractivity contribution in [3.8, 4) is 0 Å². The number of anilines is 1. The number of amidine groups is 1. The number of halogens is 3. The first kappa shape index (κ1) is 22.0. The van der Waals surface area contributed by atoms with Gasteiger partial charge in [0.1, 0.15) is 17.8 Å². The molecule has 3 rings (SSSR count). The fourth-order valence-electron chi connectivity index (χ4n) is 3.63. The van der Waals surface area contributed by atoms with Gasteiger partial charge in [-0.15, -0.1) is 12.4 Å². The lowest BCUT2D eigenvalue weighted by molar-refractivity contribution is -0.117. The first-order chi connectivity index (χ1) is 12.5. The molecule has 0 bridgehead atoms. The van der Waals surface area contributed by atoms with Gasteiger partial charge in [0.05, 0.1) is 11.7 Å². The zero-order valence-corrected chi connectivity index (χ0v) is 17.3. The van der Waals surface area contributed by atoms with Crippen molar-refractivity contribution in [1.29, 1.82) is 0 Å². The third-order valence-corrected chi connectivity index (χ3v) is 6.15. The Morgan fingerprint density at radius 3 is 2.48 bits per heavy atom. The first-order valence-electron chi connectivity index (χ1n) is 9.15. The lowest BCUT2D eigenvalue weighted by Gasteiger charge is -2.33. The fourth-order valence-corrected chi connectivity index (χ4v) is 4.85. The van der Waals surface area contributed by atoms with Gasteiger partial charge >= 0.3 is 0 Å². The predicted octanol–water partition coefficient (Wildman–Crippen LogP) is 4.82. The number of rotatable bonds is 3. The zero-order chi connectivity index (χ0) is 18.7. The highest BCUT2D eigenvalue weighted by Crippen LogP contribution is 2.32. The van der Waals surface area contributed by atoms with Gasteiger partial charge in [-0.3, -0.25) is 14.7 Å². The van der Waals surface area contributed by atoms with E-state index in [-0.39, 0.29) is 30.2 Å². The van der Waals surface area contributed by atoms with Crippen LogP contribution in [0.15, 0.2) is 23.2 Å². The molecule has 0 N–H and O–H groups in total. The van der Waals surface area contributed by atoms with Crippen LogP contribution in [0, 0.1) is 11.6 Å². The average molecular weight is 418 g/mol. The van der Waals surface area contributed by atoms with Gasteiger partial charge in [-0.05, 0) is 25.0 Å². The summed E-state index contributed by atoms with van der Waals surface area (Å²) in [6.45, 7) is 1.40. The van der Waals surface area contributed by atoms with E-state index in [1.807, 2.05) is 11.9 Å². The standard InChI is InChI=1S/C19H25F2N3OS.ClH/c1-13(25)24(17-10-9-14(20)11-16(17)21)18-12-26-19(23(18)2)22-15-7-5-3-4-6-8-15;/h9-11,15,18H,3-8,12H2,1-2H3;1H. The van der Waals surface area contributed by atoms with E-state index in [9.17, 15) is 13.6 Å². The second kappa shape index (κ2) is 9.73. The quantitative estimate of drug-likeness (QED) is 0.661. The second-order valence-corrected chi connectivity index (χ2v) is 7.93. The van der Waals surface area contributed by atoms with E-state index in [4.69, 9.17) is 4.99 Å². The van der Waals surface area contributed by atoms with Crippen molar-refractivity contribution in [2.75, 3.05) is 17.7 Å². The maximum absolute atomic E-state index is 14.3. The van der Waals surface area contributed by atoms with E-state index < -0.39 is 11.6 Å². The van der Waals surface area contributed by atoms with Crippen molar-refractivity contribution < 1.29 is 13.6 Å². The summed E-state index contributed by atoms with van der Waals surface area (Å²) in [4.78, 5) is 20.5. The highest BCUT2D eigenvalue weighted by Gasteiger charge is 2.36. The lowest BCUT2D eigenvalue weighted by atomic mass is 10.1. The molecule has 1 unspecified atom stereocenters. The number of carbonyl (C=O) groups is 1. The normalized spacial score (nSPS) is 22.4. The molecule has 0 spiro atoms. The van der Waals surface area contributed by atoms with Gasteiger partial charge in [-0.25, -0.2) is 8.78 Å². The monoisotopic (exact) mass is 417 g/mol. The molecule has 1 saturated carbocycles. The zero-order valence-electron chi connectivity index (χ0n) is 15.7. The molecule has 150 valence electrons. The Labute approximate surface area is 169 Å². The van der Waals surface area contributed by atoms with Crippen LogP contribution in [0.1, 0.15) is 45.4 Å². The molecule has 8 heteroatoms. The minimum Gasteiger partial charge on any atom is -0.333 e. The van der Waals surface area contributed by atoms with Gasteiger partial charge in [0.2, 0.25) is 5.91 Å². The Morgan fingerprint density at radius 2 is 1.89 bits per heavy atom. The summed E-state index contributed by atoms with van der Waals surface area (Å²) in [5.41, 5.74) is 0.104. The number of thioether (sulfide) groups is 1. The van der Waals surface area contributed by atoms with Crippen LogP contribution < -0.4 is 4.90 Å². The van der Waals surface area contributed by atoms with Crippen LogP contribution in [0.2, 0.25) is 0 Å². The summed E-state index contributed by atoms with van der Waals surface area (Å²) in [6, 6.07) is 3.64. The van der Waals surface area contributed by atoms with Gasteiger partial charge in [-0.1, -0.05) is 37.4 Å². The Bertz CT molecular complexity index is 696. The molecular weight excluding hydrogens is 392 g/mol. The molecule has 0 radical (unpaired) electrons. The molecule has 1 aromatic rings. The summed E-state index contributed by atoms with van der Waals surface area (Å²) >= 11 is 1.59. The van der Waals surface area contributed by atoms with Crippen LogP contribution in [0.4, 0.5) is 14.5 Å². The smallest absolute Gasteiger partial charge is 0.225 e. The number of hydrogen-bond acceptors (Lipinski definition) is 3. The van der Waals surface area contributed by atoms with Crippen LogP contribution in [0.25, 0.3) is 0 Å². The first-order valence-corrected chi connectivity index (χ1v) is 10.1. The topological polar surface area (TPSA) is 35.9 Å². The highest BCUT2D eigenvalue weighted by molar-refractivity contribution is 8.14. The lowest BCUT2D eigenvalue weighted by Crippen LogP contribution is -2.48. The number of carbonyl (C=O) groups excluding carboxylic acids is 1. The average Bonchev–Trinajstić information content (AvgIpc) is 2.79. The summed E-state index contributed by atoms with van der Waals surface area (Å²) in [5.74, 6) is -1.05. The molecule has 1 atom stereocenters. The molecule has 4 nitrogen and oxygen atoms in total. The third-order valence-electron chi connectivity index (χ3n) is 5.03. The van der Waals surface area contributed by atoms with Gasteiger partial charge in [0.15, 0.2) is 5.17 Å². The van der Waals surface area contributed by atoms with Crippen LogP contribution in [0.5, 0.6) is 0 Å². The van der Waals surface area contributed by atoms with Gasteiger partial charge in [-0.2, -0.15) is 0 Å². The largest absolute Gasteiger partial charge is 0.333 e. The Morgan fingerprint density at radius 1 is 1.22 bits per heavy atom. The number of nitrogens with zero attached hydrogens (tertiary/aromatic N) is 3. The summed E-state index contributed by atoms with van der Waals surface area (Å²) in [7, 11) is 1.89.